The van der Waals surface area contributed by atoms with Crippen molar-refractivity contribution in [3.63, 3.8) is 0 Å². The van der Waals surface area contributed by atoms with Gasteiger partial charge in [0.25, 0.3) is 0 Å². The van der Waals surface area contributed by atoms with Gasteiger partial charge in [-0.15, -0.1) is 10.2 Å². The van der Waals surface area contributed by atoms with Crippen molar-refractivity contribution in [1.29, 1.82) is 0 Å². The Hall–Kier alpha value is -2.37. The normalized spacial score (nSPS) is 15.1. The van der Waals surface area contributed by atoms with Crippen LogP contribution in [0.3, 0.4) is 0 Å². The summed E-state index contributed by atoms with van der Waals surface area (Å²) in [6.07, 6.45) is 5.15. The Labute approximate surface area is 142 Å². The van der Waals surface area contributed by atoms with Gasteiger partial charge in [0.05, 0.1) is 12.5 Å². The van der Waals surface area contributed by atoms with E-state index in [-0.39, 0.29) is 11.3 Å². The fraction of sp³-hybridized carbons (Fsp3) is 0.500. The second-order valence-corrected chi connectivity index (χ2v) is 6.48. The van der Waals surface area contributed by atoms with E-state index in [4.69, 9.17) is 4.74 Å². The number of amides is 1. The SMILES string of the molecule is COc1cc(C2(C(=O)NCCCc3nncn3C)CC2)ccc1C. The van der Waals surface area contributed by atoms with Crippen molar-refractivity contribution in [1.82, 2.24) is 20.1 Å². The molecule has 128 valence electrons. The Morgan fingerprint density at radius 2 is 2.21 bits per heavy atom. The topological polar surface area (TPSA) is 69.0 Å². The maximum absolute atomic E-state index is 12.7. The summed E-state index contributed by atoms with van der Waals surface area (Å²) in [7, 11) is 3.59. The van der Waals surface area contributed by atoms with Gasteiger partial charge in [0.2, 0.25) is 5.91 Å². The van der Waals surface area contributed by atoms with Crippen molar-refractivity contribution in [2.75, 3.05) is 13.7 Å². The van der Waals surface area contributed by atoms with E-state index in [1.165, 1.54) is 0 Å². The third-order valence-corrected chi connectivity index (χ3v) is 4.81. The molecule has 1 saturated carbocycles. The first-order chi connectivity index (χ1) is 11.6. The minimum Gasteiger partial charge on any atom is -0.496 e. The van der Waals surface area contributed by atoms with Crippen molar-refractivity contribution in [3.8, 4) is 5.75 Å². The zero-order valence-electron chi connectivity index (χ0n) is 14.5. The Balaban J connectivity index is 1.57. The monoisotopic (exact) mass is 328 g/mol. The molecule has 1 aliphatic carbocycles. The van der Waals surface area contributed by atoms with E-state index in [2.05, 4.69) is 15.5 Å². The zero-order chi connectivity index (χ0) is 17.2. The lowest BCUT2D eigenvalue weighted by Gasteiger charge is -2.17. The summed E-state index contributed by atoms with van der Waals surface area (Å²) in [6.45, 7) is 2.66. The molecular weight excluding hydrogens is 304 g/mol. The predicted octanol–water partition coefficient (Wildman–Crippen LogP) is 1.91. The average Bonchev–Trinajstić information content (AvgIpc) is 3.30. The molecule has 0 radical (unpaired) electrons. The molecule has 1 amide bonds. The number of nitrogens with zero attached hydrogens (tertiary/aromatic N) is 3. The molecule has 0 atom stereocenters. The minimum absolute atomic E-state index is 0.117. The van der Waals surface area contributed by atoms with E-state index in [0.29, 0.717) is 6.54 Å². The van der Waals surface area contributed by atoms with Crippen LogP contribution in [0.15, 0.2) is 24.5 Å². The fourth-order valence-corrected chi connectivity index (χ4v) is 3.04. The van der Waals surface area contributed by atoms with Gasteiger partial charge in [0.15, 0.2) is 0 Å². The van der Waals surface area contributed by atoms with Crippen LogP contribution in [-0.2, 0) is 23.7 Å². The second-order valence-electron chi connectivity index (χ2n) is 6.48. The molecular formula is C18H24N4O2. The van der Waals surface area contributed by atoms with E-state index in [9.17, 15) is 4.79 Å². The highest BCUT2D eigenvalue weighted by molar-refractivity contribution is 5.91. The number of carbonyl (C=O) groups is 1. The first kappa shape index (κ1) is 16.5. The highest BCUT2D eigenvalue weighted by Crippen LogP contribution is 2.49. The van der Waals surface area contributed by atoms with Crippen LogP contribution >= 0.6 is 0 Å². The van der Waals surface area contributed by atoms with E-state index < -0.39 is 0 Å². The lowest BCUT2D eigenvalue weighted by Crippen LogP contribution is -2.35. The Kier molecular flexibility index (Phi) is 4.55. The lowest BCUT2D eigenvalue weighted by atomic mass is 9.93. The summed E-state index contributed by atoms with van der Waals surface area (Å²) < 4.78 is 7.30. The molecule has 2 aromatic rings. The van der Waals surface area contributed by atoms with Crippen LogP contribution in [0.25, 0.3) is 0 Å². The van der Waals surface area contributed by atoms with Crippen LogP contribution < -0.4 is 10.1 Å². The maximum Gasteiger partial charge on any atom is 0.230 e. The van der Waals surface area contributed by atoms with Crippen molar-refractivity contribution < 1.29 is 9.53 Å². The van der Waals surface area contributed by atoms with Crippen molar-refractivity contribution >= 4 is 5.91 Å². The third kappa shape index (κ3) is 3.13. The minimum atomic E-state index is -0.369. The maximum atomic E-state index is 12.7. The van der Waals surface area contributed by atoms with Gasteiger partial charge >= 0.3 is 0 Å². The number of aromatic nitrogens is 3. The largest absolute Gasteiger partial charge is 0.496 e. The summed E-state index contributed by atoms with van der Waals surface area (Å²) in [5, 5.41) is 11.0. The number of nitrogens with one attached hydrogen (secondary N) is 1. The van der Waals surface area contributed by atoms with E-state index in [0.717, 1.165) is 48.4 Å². The van der Waals surface area contributed by atoms with Gasteiger partial charge in [-0.3, -0.25) is 4.79 Å². The molecule has 3 rings (SSSR count). The Morgan fingerprint density at radius 3 is 2.83 bits per heavy atom. The van der Waals surface area contributed by atoms with E-state index >= 15 is 0 Å². The fourth-order valence-electron chi connectivity index (χ4n) is 3.04. The molecule has 0 bridgehead atoms. The summed E-state index contributed by atoms with van der Waals surface area (Å²) in [5.74, 6) is 1.90. The molecule has 1 aromatic heterocycles. The molecule has 0 saturated heterocycles. The first-order valence-electron chi connectivity index (χ1n) is 8.33. The van der Waals surface area contributed by atoms with E-state index in [1.807, 2.05) is 36.7 Å². The van der Waals surface area contributed by atoms with Gasteiger partial charge < -0.3 is 14.6 Å². The number of methoxy groups -OCH3 is 1. The Morgan fingerprint density at radius 1 is 1.42 bits per heavy atom. The predicted molar refractivity (Wildman–Crippen MR) is 91.0 cm³/mol. The van der Waals surface area contributed by atoms with Crippen LogP contribution in [0.2, 0.25) is 0 Å². The van der Waals surface area contributed by atoms with Crippen LogP contribution in [0, 0.1) is 6.92 Å². The molecule has 6 heteroatoms. The number of hydrogen-bond donors (Lipinski definition) is 1. The number of benzene rings is 1. The molecule has 0 aliphatic heterocycles. The van der Waals surface area contributed by atoms with Crippen molar-refractivity contribution in [2.24, 2.45) is 7.05 Å². The van der Waals surface area contributed by atoms with E-state index in [1.54, 1.807) is 13.4 Å². The summed E-state index contributed by atoms with van der Waals surface area (Å²) in [6, 6.07) is 6.07. The highest BCUT2D eigenvalue weighted by Gasteiger charge is 2.51. The Bertz CT molecular complexity index is 734. The van der Waals surface area contributed by atoms with Crippen LogP contribution in [0.4, 0.5) is 0 Å². The number of carbonyl (C=O) groups excluding carboxylic acids is 1. The molecule has 1 fully saturated rings. The number of rotatable bonds is 7. The second kappa shape index (κ2) is 6.63. The molecule has 6 nitrogen and oxygen atoms in total. The quantitative estimate of drug-likeness (QED) is 0.788. The van der Waals surface area contributed by atoms with Gasteiger partial charge in [-0.25, -0.2) is 0 Å². The molecule has 0 unspecified atom stereocenters. The molecule has 1 aliphatic rings. The van der Waals surface area contributed by atoms with Gasteiger partial charge in [-0.1, -0.05) is 12.1 Å². The molecule has 1 N–H and O–H groups in total. The first-order valence-corrected chi connectivity index (χ1v) is 8.33. The van der Waals surface area contributed by atoms with Gasteiger partial charge in [0.1, 0.15) is 17.9 Å². The van der Waals surface area contributed by atoms with Crippen LogP contribution in [0.1, 0.15) is 36.2 Å². The smallest absolute Gasteiger partial charge is 0.230 e. The molecule has 1 aromatic carbocycles. The molecule has 24 heavy (non-hydrogen) atoms. The van der Waals surface area contributed by atoms with Gasteiger partial charge in [-0.05, 0) is 43.4 Å². The highest BCUT2D eigenvalue weighted by atomic mass is 16.5. The number of aryl methyl sites for hydroxylation is 3. The van der Waals surface area contributed by atoms with Crippen molar-refractivity contribution in [2.45, 2.75) is 38.0 Å². The standard InChI is InChI=1S/C18H24N4O2/c1-13-6-7-14(11-15(13)24-3)18(8-9-18)17(23)19-10-4-5-16-21-20-12-22(16)2/h6-7,11-12H,4-5,8-10H2,1-3H3,(H,19,23). The average molecular weight is 328 g/mol. The van der Waals surface area contributed by atoms with Gasteiger partial charge in [0, 0.05) is 20.0 Å². The lowest BCUT2D eigenvalue weighted by molar-refractivity contribution is -0.123. The number of ether oxygens (including phenoxy) is 1. The molecule has 1 heterocycles. The summed E-state index contributed by atoms with van der Waals surface area (Å²) >= 11 is 0. The van der Waals surface area contributed by atoms with Gasteiger partial charge in [-0.2, -0.15) is 0 Å². The molecule has 0 spiro atoms. The zero-order valence-corrected chi connectivity index (χ0v) is 14.5. The number of hydrogen-bond acceptors (Lipinski definition) is 4. The van der Waals surface area contributed by atoms with Crippen LogP contribution in [0.5, 0.6) is 5.75 Å². The van der Waals surface area contributed by atoms with Crippen molar-refractivity contribution in [3.05, 3.63) is 41.5 Å². The summed E-state index contributed by atoms with van der Waals surface area (Å²) in [4.78, 5) is 12.7. The van der Waals surface area contributed by atoms with Crippen LogP contribution in [-0.4, -0.2) is 34.3 Å². The summed E-state index contributed by atoms with van der Waals surface area (Å²) in [5.41, 5.74) is 1.77. The third-order valence-electron chi connectivity index (χ3n) is 4.81.